The number of urea groups is 1. The minimum absolute atomic E-state index is 0.248. The van der Waals surface area contributed by atoms with Crippen LogP contribution in [0.5, 0.6) is 0 Å². The number of carbonyl (C=O) groups excluding carboxylic acids is 2. The molecule has 0 aromatic heterocycles. The van der Waals surface area contributed by atoms with Crippen LogP contribution in [0.4, 0.5) is 33.7 Å². The molecule has 6 nitrogen and oxygen atoms in total. The van der Waals surface area contributed by atoms with Gasteiger partial charge in [-0.15, -0.1) is 0 Å². The quantitative estimate of drug-likeness (QED) is 0.709. The summed E-state index contributed by atoms with van der Waals surface area (Å²) >= 11 is 0. The Hall–Kier alpha value is -3.14. The van der Waals surface area contributed by atoms with Crippen LogP contribution in [0, 0.1) is 5.82 Å². The molecule has 3 rings (SSSR count). The third-order valence-electron chi connectivity index (χ3n) is 5.09. The molecule has 0 bridgehead atoms. The maximum Gasteiger partial charge on any atom is 0.418 e. The average Bonchev–Trinajstić information content (AvgIpc) is 2.73. The molecule has 1 aliphatic heterocycles. The number of hydrogen-bond donors (Lipinski definition) is 2. The van der Waals surface area contributed by atoms with Gasteiger partial charge in [0.25, 0.3) is 0 Å². The van der Waals surface area contributed by atoms with E-state index >= 15 is 0 Å². The molecule has 0 spiro atoms. The number of para-hydroxylation sites is 1. The van der Waals surface area contributed by atoms with Crippen LogP contribution in [-0.2, 0) is 11.0 Å². The van der Waals surface area contributed by atoms with Crippen molar-refractivity contribution < 1.29 is 27.2 Å². The van der Waals surface area contributed by atoms with E-state index in [9.17, 15) is 27.2 Å². The SMILES string of the molecule is CC(C(=O)Nc1cccc(F)c1)N1CCN(C(=O)Nc2ccccc2C(F)(F)F)CC1. The van der Waals surface area contributed by atoms with Gasteiger partial charge in [0.1, 0.15) is 5.82 Å². The number of halogens is 4. The number of hydrogen-bond acceptors (Lipinski definition) is 3. The highest BCUT2D eigenvalue weighted by molar-refractivity contribution is 5.94. The molecular formula is C21H22F4N4O2. The number of carbonyl (C=O) groups is 2. The van der Waals surface area contributed by atoms with Crippen molar-refractivity contribution in [3.63, 3.8) is 0 Å². The van der Waals surface area contributed by atoms with Crippen LogP contribution >= 0.6 is 0 Å². The van der Waals surface area contributed by atoms with Crippen molar-refractivity contribution in [2.45, 2.75) is 19.1 Å². The first-order valence-corrected chi connectivity index (χ1v) is 9.68. The van der Waals surface area contributed by atoms with Crippen molar-refractivity contribution in [2.24, 2.45) is 0 Å². The van der Waals surface area contributed by atoms with Gasteiger partial charge in [-0.1, -0.05) is 18.2 Å². The van der Waals surface area contributed by atoms with E-state index < -0.39 is 29.6 Å². The van der Waals surface area contributed by atoms with Gasteiger partial charge in [0.2, 0.25) is 5.91 Å². The standard InChI is InChI=1S/C21H22F4N4O2/c1-14(19(30)26-16-6-4-5-15(22)13-16)28-9-11-29(12-10-28)20(31)27-18-8-3-2-7-17(18)21(23,24)25/h2-8,13-14H,9-12H2,1H3,(H,26,30)(H,27,31). The molecule has 2 N–H and O–H groups in total. The first kappa shape index (κ1) is 22.5. The summed E-state index contributed by atoms with van der Waals surface area (Å²) in [6.45, 7) is 2.93. The van der Waals surface area contributed by atoms with Crippen LogP contribution in [0.3, 0.4) is 0 Å². The van der Waals surface area contributed by atoms with Crippen LogP contribution in [0.1, 0.15) is 12.5 Å². The van der Waals surface area contributed by atoms with Gasteiger partial charge >= 0.3 is 12.2 Å². The number of benzene rings is 2. The summed E-state index contributed by atoms with van der Waals surface area (Å²) in [5.74, 6) is -0.778. The normalized spacial score (nSPS) is 16.0. The molecule has 1 aliphatic rings. The van der Waals surface area contributed by atoms with Crippen molar-refractivity contribution in [3.8, 4) is 0 Å². The molecular weight excluding hydrogens is 416 g/mol. The van der Waals surface area contributed by atoms with Crippen molar-refractivity contribution >= 4 is 23.3 Å². The molecule has 2 aromatic rings. The lowest BCUT2D eigenvalue weighted by atomic mass is 10.1. The summed E-state index contributed by atoms with van der Waals surface area (Å²) in [7, 11) is 0. The summed E-state index contributed by atoms with van der Waals surface area (Å²) in [5.41, 5.74) is -0.868. The molecule has 1 unspecified atom stereocenters. The second-order valence-electron chi connectivity index (χ2n) is 7.17. The zero-order valence-electron chi connectivity index (χ0n) is 16.7. The second-order valence-corrected chi connectivity index (χ2v) is 7.17. The Bertz CT molecular complexity index is 943. The molecule has 3 amide bonds. The van der Waals surface area contributed by atoms with Crippen molar-refractivity contribution in [1.82, 2.24) is 9.80 Å². The second kappa shape index (κ2) is 9.34. The molecule has 31 heavy (non-hydrogen) atoms. The Morgan fingerprint density at radius 3 is 2.29 bits per heavy atom. The van der Waals surface area contributed by atoms with Gasteiger partial charge in [0, 0.05) is 31.9 Å². The van der Waals surface area contributed by atoms with Crippen molar-refractivity contribution in [3.05, 3.63) is 59.9 Å². The van der Waals surface area contributed by atoms with E-state index in [4.69, 9.17) is 0 Å². The fourth-order valence-corrected chi connectivity index (χ4v) is 3.32. The van der Waals surface area contributed by atoms with Crippen LogP contribution in [0.15, 0.2) is 48.5 Å². The summed E-state index contributed by atoms with van der Waals surface area (Å²) in [4.78, 5) is 28.1. The molecule has 0 saturated carbocycles. The van der Waals surface area contributed by atoms with Crippen LogP contribution in [-0.4, -0.2) is 54.0 Å². The fourth-order valence-electron chi connectivity index (χ4n) is 3.32. The van der Waals surface area contributed by atoms with Gasteiger partial charge in [0.15, 0.2) is 0 Å². The van der Waals surface area contributed by atoms with Gasteiger partial charge in [-0.05, 0) is 37.3 Å². The highest BCUT2D eigenvalue weighted by Gasteiger charge is 2.34. The van der Waals surface area contributed by atoms with E-state index in [2.05, 4.69) is 10.6 Å². The van der Waals surface area contributed by atoms with Gasteiger partial charge < -0.3 is 15.5 Å². The van der Waals surface area contributed by atoms with Gasteiger partial charge in [-0.2, -0.15) is 13.2 Å². The van der Waals surface area contributed by atoms with Crippen LogP contribution in [0.2, 0.25) is 0 Å². The molecule has 1 atom stereocenters. The number of rotatable bonds is 4. The van der Waals surface area contributed by atoms with Crippen molar-refractivity contribution in [1.29, 1.82) is 0 Å². The predicted octanol–water partition coefficient (Wildman–Crippen LogP) is 4.02. The zero-order chi connectivity index (χ0) is 22.6. The van der Waals surface area contributed by atoms with Crippen LogP contribution in [0.25, 0.3) is 0 Å². The molecule has 1 heterocycles. The highest BCUT2D eigenvalue weighted by Crippen LogP contribution is 2.34. The minimum Gasteiger partial charge on any atom is -0.325 e. The molecule has 10 heteroatoms. The predicted molar refractivity (Wildman–Crippen MR) is 108 cm³/mol. The van der Waals surface area contributed by atoms with Gasteiger partial charge in [-0.25, -0.2) is 9.18 Å². The first-order chi connectivity index (χ1) is 14.6. The number of anilines is 2. The Morgan fingerprint density at radius 1 is 0.968 bits per heavy atom. The lowest BCUT2D eigenvalue weighted by Gasteiger charge is -2.37. The molecule has 0 radical (unpaired) electrons. The minimum atomic E-state index is -4.58. The van der Waals surface area contributed by atoms with E-state index in [0.29, 0.717) is 18.8 Å². The van der Waals surface area contributed by atoms with E-state index in [1.807, 2.05) is 4.90 Å². The number of nitrogens with one attached hydrogen (secondary N) is 2. The Morgan fingerprint density at radius 2 is 1.65 bits per heavy atom. The highest BCUT2D eigenvalue weighted by atomic mass is 19.4. The van der Waals surface area contributed by atoms with Crippen LogP contribution < -0.4 is 10.6 Å². The molecule has 1 saturated heterocycles. The largest absolute Gasteiger partial charge is 0.418 e. The van der Waals surface area contributed by atoms with Gasteiger partial charge in [-0.3, -0.25) is 9.69 Å². The number of amides is 3. The van der Waals surface area contributed by atoms with E-state index in [0.717, 1.165) is 6.07 Å². The first-order valence-electron chi connectivity index (χ1n) is 9.68. The third-order valence-corrected chi connectivity index (χ3v) is 5.09. The molecule has 1 fully saturated rings. The lowest BCUT2D eigenvalue weighted by Crippen LogP contribution is -2.54. The monoisotopic (exact) mass is 438 g/mol. The smallest absolute Gasteiger partial charge is 0.325 e. The zero-order valence-corrected chi connectivity index (χ0v) is 16.7. The summed E-state index contributed by atoms with van der Waals surface area (Å²) in [5, 5.41) is 4.97. The number of piperazine rings is 1. The maximum atomic E-state index is 13.3. The van der Waals surface area contributed by atoms with Gasteiger partial charge in [0.05, 0.1) is 17.3 Å². The topological polar surface area (TPSA) is 64.7 Å². The molecule has 0 aliphatic carbocycles. The summed E-state index contributed by atoms with van der Waals surface area (Å²) in [6, 6.07) is 9.19. The number of alkyl halides is 3. The third kappa shape index (κ3) is 5.72. The summed E-state index contributed by atoms with van der Waals surface area (Å²) in [6.07, 6.45) is -4.58. The summed E-state index contributed by atoms with van der Waals surface area (Å²) < 4.78 is 52.6. The number of nitrogens with zero attached hydrogens (tertiary/aromatic N) is 2. The lowest BCUT2D eigenvalue weighted by molar-refractivity contribution is -0.136. The maximum absolute atomic E-state index is 13.3. The van der Waals surface area contributed by atoms with E-state index in [-0.39, 0.29) is 24.7 Å². The molecule has 166 valence electrons. The Balaban J connectivity index is 1.54. The molecule has 2 aromatic carbocycles. The average molecular weight is 438 g/mol. The Kier molecular flexibility index (Phi) is 6.79. The van der Waals surface area contributed by atoms with E-state index in [1.54, 1.807) is 13.0 Å². The Labute approximate surface area is 176 Å². The fraction of sp³-hybridized carbons (Fsp3) is 0.333. The van der Waals surface area contributed by atoms with Crippen molar-refractivity contribution in [2.75, 3.05) is 36.8 Å². The van der Waals surface area contributed by atoms with E-state index in [1.165, 1.54) is 41.3 Å².